The lowest BCUT2D eigenvalue weighted by Crippen LogP contribution is -2.46. The second-order valence-electron chi connectivity index (χ2n) is 4.23. The molecule has 1 aromatic carbocycles. The number of rotatable bonds is 4. The van der Waals surface area contributed by atoms with Crippen LogP contribution in [-0.4, -0.2) is 39.0 Å². The topological polar surface area (TPSA) is 39.7 Å². The maximum absolute atomic E-state index is 5.71. The van der Waals surface area contributed by atoms with Gasteiger partial charge >= 0.3 is 0 Å². The van der Waals surface area contributed by atoms with Crippen LogP contribution in [0.4, 0.5) is 0 Å². The van der Waals surface area contributed by atoms with Gasteiger partial charge in [-0.1, -0.05) is 12.1 Å². The van der Waals surface area contributed by atoms with E-state index in [9.17, 15) is 0 Å². The van der Waals surface area contributed by atoms with Gasteiger partial charge in [0.15, 0.2) is 11.5 Å². The first-order valence-electron chi connectivity index (χ1n) is 5.90. The van der Waals surface area contributed by atoms with Gasteiger partial charge in [0.2, 0.25) is 0 Å². The predicted octanol–water partition coefficient (Wildman–Crippen LogP) is 1.45. The summed E-state index contributed by atoms with van der Waals surface area (Å²) in [6, 6.07) is 8.07. The van der Waals surface area contributed by atoms with Gasteiger partial charge in [0.1, 0.15) is 12.7 Å². The fourth-order valence-electron chi connectivity index (χ4n) is 1.76. The lowest BCUT2D eigenvalue weighted by atomic mass is 10.2. The monoisotopic (exact) mass is 237 g/mol. The Bertz CT molecular complexity index is 348. The summed E-state index contributed by atoms with van der Waals surface area (Å²) in [7, 11) is 1.64. The van der Waals surface area contributed by atoms with E-state index in [1.807, 2.05) is 24.3 Å². The van der Waals surface area contributed by atoms with Crippen molar-refractivity contribution in [3.05, 3.63) is 24.3 Å². The van der Waals surface area contributed by atoms with E-state index in [1.54, 1.807) is 7.11 Å². The van der Waals surface area contributed by atoms with Crippen LogP contribution >= 0.6 is 0 Å². The van der Waals surface area contributed by atoms with Gasteiger partial charge in [-0.2, -0.15) is 0 Å². The lowest BCUT2D eigenvalue weighted by molar-refractivity contribution is -0.0169. The first kappa shape index (κ1) is 12.2. The van der Waals surface area contributed by atoms with Crippen molar-refractivity contribution >= 4 is 0 Å². The molecule has 1 fully saturated rings. The quantitative estimate of drug-likeness (QED) is 0.860. The third kappa shape index (κ3) is 3.35. The van der Waals surface area contributed by atoms with Crippen LogP contribution in [0.1, 0.15) is 6.92 Å². The Morgan fingerprint density at radius 1 is 1.35 bits per heavy atom. The minimum Gasteiger partial charge on any atom is -0.493 e. The molecule has 17 heavy (non-hydrogen) atoms. The first-order chi connectivity index (χ1) is 8.29. The third-order valence-corrected chi connectivity index (χ3v) is 2.77. The summed E-state index contributed by atoms with van der Waals surface area (Å²) in [5.74, 6) is 1.52. The molecule has 0 spiro atoms. The molecule has 4 heteroatoms. The van der Waals surface area contributed by atoms with Crippen LogP contribution < -0.4 is 14.8 Å². The summed E-state index contributed by atoms with van der Waals surface area (Å²) in [6.45, 7) is 4.22. The molecule has 2 rings (SSSR count). The molecule has 0 radical (unpaired) electrons. The number of nitrogens with one attached hydrogen (secondary N) is 1. The molecule has 1 aromatic rings. The van der Waals surface area contributed by atoms with E-state index in [0.717, 1.165) is 24.7 Å². The van der Waals surface area contributed by atoms with Gasteiger partial charge in [0.05, 0.1) is 13.7 Å². The summed E-state index contributed by atoms with van der Waals surface area (Å²) in [5, 5.41) is 3.36. The SMILES string of the molecule is COc1ccccc1OCC1CNC(C)CO1. The molecule has 0 saturated carbocycles. The molecule has 2 unspecified atom stereocenters. The van der Waals surface area contributed by atoms with Crippen LogP contribution in [0.5, 0.6) is 11.5 Å². The summed E-state index contributed by atoms with van der Waals surface area (Å²) >= 11 is 0. The zero-order valence-corrected chi connectivity index (χ0v) is 10.3. The summed E-state index contributed by atoms with van der Waals surface area (Å²) < 4.78 is 16.6. The van der Waals surface area contributed by atoms with Crippen molar-refractivity contribution < 1.29 is 14.2 Å². The van der Waals surface area contributed by atoms with Crippen LogP contribution in [0.2, 0.25) is 0 Å². The normalized spacial score (nSPS) is 24.4. The molecule has 1 aliphatic rings. The molecule has 0 amide bonds. The Hall–Kier alpha value is -1.26. The van der Waals surface area contributed by atoms with Crippen molar-refractivity contribution in [3.63, 3.8) is 0 Å². The first-order valence-corrected chi connectivity index (χ1v) is 5.90. The molecule has 4 nitrogen and oxygen atoms in total. The van der Waals surface area contributed by atoms with Gasteiger partial charge in [-0.15, -0.1) is 0 Å². The zero-order valence-electron chi connectivity index (χ0n) is 10.3. The molecular weight excluding hydrogens is 218 g/mol. The van der Waals surface area contributed by atoms with Crippen molar-refractivity contribution in [1.29, 1.82) is 0 Å². The minimum atomic E-state index is 0.108. The summed E-state index contributed by atoms with van der Waals surface area (Å²) in [5.41, 5.74) is 0. The number of methoxy groups -OCH3 is 1. The molecule has 1 heterocycles. The highest BCUT2D eigenvalue weighted by molar-refractivity contribution is 5.39. The molecule has 1 aliphatic heterocycles. The van der Waals surface area contributed by atoms with Gasteiger partial charge in [0, 0.05) is 12.6 Å². The average Bonchev–Trinajstić information content (AvgIpc) is 2.38. The van der Waals surface area contributed by atoms with E-state index in [0.29, 0.717) is 12.6 Å². The Labute approximate surface area is 102 Å². The fraction of sp³-hybridized carbons (Fsp3) is 0.538. The van der Waals surface area contributed by atoms with Gasteiger partial charge in [-0.3, -0.25) is 0 Å². The van der Waals surface area contributed by atoms with Crippen molar-refractivity contribution in [2.45, 2.75) is 19.1 Å². The van der Waals surface area contributed by atoms with Crippen LogP contribution in [-0.2, 0) is 4.74 Å². The number of morpholine rings is 1. The average molecular weight is 237 g/mol. The Morgan fingerprint density at radius 3 is 2.76 bits per heavy atom. The predicted molar refractivity (Wildman–Crippen MR) is 65.7 cm³/mol. The third-order valence-electron chi connectivity index (χ3n) is 2.77. The van der Waals surface area contributed by atoms with E-state index in [2.05, 4.69) is 12.2 Å². The van der Waals surface area contributed by atoms with Crippen LogP contribution in [0.3, 0.4) is 0 Å². The Kier molecular flexibility index (Phi) is 4.23. The van der Waals surface area contributed by atoms with Gasteiger partial charge in [-0.25, -0.2) is 0 Å². The molecule has 94 valence electrons. The summed E-state index contributed by atoms with van der Waals surface area (Å²) in [4.78, 5) is 0. The molecule has 1 N–H and O–H groups in total. The molecule has 2 atom stereocenters. The molecule has 0 aromatic heterocycles. The fourth-order valence-corrected chi connectivity index (χ4v) is 1.76. The lowest BCUT2D eigenvalue weighted by Gasteiger charge is -2.28. The standard InChI is InChI=1S/C13H19NO3/c1-10-8-16-11(7-14-10)9-17-13-6-4-3-5-12(13)15-2/h3-6,10-11,14H,7-9H2,1-2H3. The molecule has 0 aliphatic carbocycles. The van der Waals surface area contributed by atoms with Crippen molar-refractivity contribution in [2.24, 2.45) is 0 Å². The molecule has 0 bridgehead atoms. The van der Waals surface area contributed by atoms with Crippen molar-refractivity contribution in [3.8, 4) is 11.5 Å². The zero-order chi connectivity index (χ0) is 12.1. The second-order valence-corrected chi connectivity index (χ2v) is 4.23. The highest BCUT2D eigenvalue weighted by Gasteiger charge is 2.18. The molecule has 1 saturated heterocycles. The maximum atomic E-state index is 5.71. The van der Waals surface area contributed by atoms with Crippen LogP contribution in [0, 0.1) is 0 Å². The van der Waals surface area contributed by atoms with Crippen molar-refractivity contribution in [1.82, 2.24) is 5.32 Å². The smallest absolute Gasteiger partial charge is 0.161 e. The van der Waals surface area contributed by atoms with Crippen LogP contribution in [0.15, 0.2) is 24.3 Å². The van der Waals surface area contributed by atoms with Crippen LogP contribution in [0.25, 0.3) is 0 Å². The number of para-hydroxylation sites is 2. The molecular formula is C13H19NO3. The summed E-state index contributed by atoms with van der Waals surface area (Å²) in [6.07, 6.45) is 0.108. The van der Waals surface area contributed by atoms with Gasteiger partial charge in [-0.05, 0) is 19.1 Å². The minimum absolute atomic E-state index is 0.108. The van der Waals surface area contributed by atoms with E-state index in [1.165, 1.54) is 0 Å². The number of hydrogen-bond acceptors (Lipinski definition) is 4. The largest absolute Gasteiger partial charge is 0.493 e. The highest BCUT2D eigenvalue weighted by Crippen LogP contribution is 2.25. The number of ether oxygens (including phenoxy) is 3. The highest BCUT2D eigenvalue weighted by atomic mass is 16.5. The Morgan fingerprint density at radius 2 is 2.12 bits per heavy atom. The van der Waals surface area contributed by atoms with Gasteiger partial charge in [0.25, 0.3) is 0 Å². The van der Waals surface area contributed by atoms with Crippen molar-refractivity contribution in [2.75, 3.05) is 26.9 Å². The van der Waals surface area contributed by atoms with E-state index in [-0.39, 0.29) is 6.10 Å². The van der Waals surface area contributed by atoms with E-state index < -0.39 is 0 Å². The van der Waals surface area contributed by atoms with E-state index in [4.69, 9.17) is 14.2 Å². The number of hydrogen-bond donors (Lipinski definition) is 1. The Balaban J connectivity index is 1.85. The number of benzene rings is 1. The maximum Gasteiger partial charge on any atom is 0.161 e. The van der Waals surface area contributed by atoms with E-state index >= 15 is 0 Å². The second kappa shape index (κ2) is 5.89. The van der Waals surface area contributed by atoms with Gasteiger partial charge < -0.3 is 19.5 Å².